The molecule has 1 heterocycles. The Hall–Kier alpha value is -4.44. The third-order valence-corrected chi connectivity index (χ3v) is 5.17. The second-order valence-corrected chi connectivity index (χ2v) is 7.85. The van der Waals surface area contributed by atoms with Crippen LogP contribution in [0.15, 0.2) is 75.4 Å². The number of carbonyl (C=O) groups excluding carboxylic acids is 1. The average molecular weight is 511 g/mol. The van der Waals surface area contributed by atoms with Gasteiger partial charge in [0.1, 0.15) is 5.82 Å². The first-order valence-electron chi connectivity index (χ1n) is 10.8. The molecule has 1 aromatic heterocycles. The molecule has 0 aliphatic carbocycles. The molecular formula is C25H20ClFN4O5. The highest BCUT2D eigenvalue weighted by Gasteiger charge is 2.15. The molecule has 0 saturated heterocycles. The van der Waals surface area contributed by atoms with E-state index in [1.165, 1.54) is 30.5 Å². The third-order valence-electron chi connectivity index (χ3n) is 4.89. The first-order chi connectivity index (χ1) is 17.4. The smallest absolute Gasteiger partial charge is 0.349 e. The van der Waals surface area contributed by atoms with Gasteiger partial charge in [0.05, 0.1) is 28.7 Å². The van der Waals surface area contributed by atoms with E-state index in [0.29, 0.717) is 21.1 Å². The fourth-order valence-corrected chi connectivity index (χ4v) is 3.62. The van der Waals surface area contributed by atoms with Crippen molar-refractivity contribution in [3.05, 3.63) is 97.9 Å². The van der Waals surface area contributed by atoms with Crippen LogP contribution in [0.1, 0.15) is 12.5 Å². The van der Waals surface area contributed by atoms with Crippen LogP contribution in [-0.2, 0) is 4.79 Å². The van der Waals surface area contributed by atoms with Gasteiger partial charge in [0, 0.05) is 5.69 Å². The molecule has 1 amide bonds. The number of rotatable bonds is 8. The minimum atomic E-state index is -0.699. The Morgan fingerprint density at radius 2 is 1.94 bits per heavy atom. The zero-order valence-electron chi connectivity index (χ0n) is 19.0. The summed E-state index contributed by atoms with van der Waals surface area (Å²) in [4.78, 5) is 39.8. The van der Waals surface area contributed by atoms with Gasteiger partial charge in [0.15, 0.2) is 18.1 Å². The Bertz CT molecular complexity index is 1580. The topological polar surface area (TPSA) is 115 Å². The molecule has 0 bridgehead atoms. The number of amides is 1. The summed E-state index contributed by atoms with van der Waals surface area (Å²) in [7, 11) is 0. The zero-order chi connectivity index (χ0) is 25.7. The molecule has 0 atom stereocenters. The molecule has 0 aliphatic rings. The minimum absolute atomic E-state index is 0.112. The molecule has 2 N–H and O–H groups in total. The first-order valence-corrected chi connectivity index (χ1v) is 11.2. The molecule has 0 unspecified atom stereocenters. The molecular weight excluding hydrogens is 491 g/mol. The van der Waals surface area contributed by atoms with Gasteiger partial charge in [-0.05, 0) is 55.0 Å². The normalized spacial score (nSPS) is 11.1. The van der Waals surface area contributed by atoms with Crippen LogP contribution in [0, 0.1) is 5.82 Å². The number of hydrogen-bond donors (Lipinski definition) is 2. The van der Waals surface area contributed by atoms with Crippen molar-refractivity contribution < 1.29 is 18.7 Å². The van der Waals surface area contributed by atoms with Gasteiger partial charge in [-0.2, -0.15) is 5.10 Å². The van der Waals surface area contributed by atoms with E-state index in [1.54, 1.807) is 43.3 Å². The number of para-hydroxylation sites is 1. The zero-order valence-corrected chi connectivity index (χ0v) is 19.7. The molecule has 11 heteroatoms. The molecule has 4 rings (SSSR count). The second-order valence-electron chi connectivity index (χ2n) is 7.45. The van der Waals surface area contributed by atoms with Crippen molar-refractivity contribution >= 4 is 40.3 Å². The van der Waals surface area contributed by atoms with Crippen LogP contribution >= 0.6 is 11.6 Å². The number of carbonyl (C=O) groups is 1. The quantitative estimate of drug-likeness (QED) is 0.350. The van der Waals surface area contributed by atoms with Crippen molar-refractivity contribution in [2.45, 2.75) is 6.92 Å². The van der Waals surface area contributed by atoms with Crippen molar-refractivity contribution in [2.24, 2.45) is 5.10 Å². The Morgan fingerprint density at radius 1 is 1.14 bits per heavy atom. The first kappa shape index (κ1) is 24.7. The average Bonchev–Trinajstić information content (AvgIpc) is 2.83. The van der Waals surface area contributed by atoms with E-state index in [2.05, 4.69) is 15.4 Å². The van der Waals surface area contributed by atoms with Crippen LogP contribution in [0.2, 0.25) is 5.02 Å². The summed E-state index contributed by atoms with van der Waals surface area (Å²) in [6, 6.07) is 15.1. The Kier molecular flexibility index (Phi) is 7.45. The van der Waals surface area contributed by atoms with Gasteiger partial charge in [0.25, 0.3) is 11.5 Å². The lowest BCUT2D eigenvalue weighted by Crippen LogP contribution is -2.32. The molecule has 184 valence electrons. The number of nitrogens with zero attached hydrogens (tertiary/aromatic N) is 2. The molecule has 0 fully saturated rings. The van der Waals surface area contributed by atoms with Gasteiger partial charge in [-0.3, -0.25) is 9.59 Å². The molecule has 36 heavy (non-hydrogen) atoms. The van der Waals surface area contributed by atoms with Crippen LogP contribution in [0.3, 0.4) is 0 Å². The van der Waals surface area contributed by atoms with E-state index in [-0.39, 0.29) is 28.8 Å². The second kappa shape index (κ2) is 10.9. The largest absolute Gasteiger partial charge is 0.490 e. The molecule has 0 saturated carbocycles. The van der Waals surface area contributed by atoms with E-state index in [0.717, 1.165) is 0 Å². The van der Waals surface area contributed by atoms with Gasteiger partial charge >= 0.3 is 5.69 Å². The van der Waals surface area contributed by atoms with Crippen LogP contribution in [0.25, 0.3) is 10.9 Å². The molecule has 0 aliphatic heterocycles. The molecule has 4 aromatic rings. The third kappa shape index (κ3) is 5.61. The highest BCUT2D eigenvalue weighted by molar-refractivity contribution is 6.32. The highest BCUT2D eigenvalue weighted by atomic mass is 35.5. The lowest BCUT2D eigenvalue weighted by molar-refractivity contribution is -0.118. The Morgan fingerprint density at radius 3 is 2.72 bits per heavy atom. The van der Waals surface area contributed by atoms with E-state index in [1.807, 2.05) is 0 Å². The predicted molar refractivity (Wildman–Crippen MR) is 135 cm³/mol. The number of fused-ring (bicyclic) bond motifs is 1. The maximum Gasteiger partial charge on any atom is 0.349 e. The monoisotopic (exact) mass is 510 g/mol. The lowest BCUT2D eigenvalue weighted by Gasteiger charge is -2.14. The van der Waals surface area contributed by atoms with Crippen molar-refractivity contribution in [3.8, 4) is 11.5 Å². The van der Waals surface area contributed by atoms with Crippen LogP contribution < -0.4 is 26.0 Å². The van der Waals surface area contributed by atoms with Gasteiger partial charge in [-0.25, -0.2) is 9.18 Å². The van der Waals surface area contributed by atoms with Crippen LogP contribution in [0.5, 0.6) is 11.5 Å². The van der Waals surface area contributed by atoms with E-state index in [9.17, 15) is 18.8 Å². The highest BCUT2D eigenvalue weighted by Crippen LogP contribution is 2.36. The summed E-state index contributed by atoms with van der Waals surface area (Å²) in [5.74, 6) is -0.671. The predicted octanol–water partition coefficient (Wildman–Crippen LogP) is 3.78. The maximum atomic E-state index is 13.3. The van der Waals surface area contributed by atoms with Crippen molar-refractivity contribution in [1.29, 1.82) is 0 Å². The van der Waals surface area contributed by atoms with Crippen molar-refractivity contribution in [3.63, 3.8) is 0 Å². The fourth-order valence-electron chi connectivity index (χ4n) is 3.35. The number of benzene rings is 3. The number of nitrogens with one attached hydrogen (secondary N) is 2. The van der Waals surface area contributed by atoms with Crippen molar-refractivity contribution in [2.75, 3.05) is 18.5 Å². The van der Waals surface area contributed by atoms with Gasteiger partial charge < -0.3 is 19.8 Å². The number of aromatic amines is 1. The SMILES string of the molecule is CCOc1cc(C=Nn2c(=O)[nH]c3ccccc3c2=O)cc(Cl)c1OCC(=O)Nc1cccc(F)c1. The van der Waals surface area contributed by atoms with E-state index >= 15 is 0 Å². The summed E-state index contributed by atoms with van der Waals surface area (Å²) in [6.45, 7) is 1.61. The molecule has 9 nitrogen and oxygen atoms in total. The van der Waals surface area contributed by atoms with Gasteiger partial charge in [0.2, 0.25) is 0 Å². The number of anilines is 1. The number of aromatic nitrogens is 2. The molecule has 0 spiro atoms. The number of hydrogen-bond acceptors (Lipinski definition) is 6. The van der Waals surface area contributed by atoms with Crippen molar-refractivity contribution in [1.82, 2.24) is 9.66 Å². The van der Waals surface area contributed by atoms with Crippen LogP contribution in [0.4, 0.5) is 10.1 Å². The summed E-state index contributed by atoms with van der Waals surface area (Å²) in [6.07, 6.45) is 1.28. The summed E-state index contributed by atoms with van der Waals surface area (Å²) < 4.78 is 25.2. The number of H-pyrrole nitrogens is 1. The standard InChI is InChI=1S/C25H20ClFN4O5/c1-2-35-21-11-15(13-28-31-24(33)18-8-3-4-9-20(18)30-25(31)34)10-19(26)23(21)36-14-22(32)29-17-7-5-6-16(27)12-17/h3-13H,2,14H2,1H3,(H,29,32)(H,30,34). The Balaban J connectivity index is 1.56. The number of halogens is 2. The van der Waals surface area contributed by atoms with Crippen LogP contribution in [-0.4, -0.2) is 35.0 Å². The molecule has 0 radical (unpaired) electrons. The van der Waals surface area contributed by atoms with Gasteiger partial charge in [-0.1, -0.05) is 29.8 Å². The Labute approximate surface area is 208 Å². The minimum Gasteiger partial charge on any atom is -0.490 e. The summed E-state index contributed by atoms with van der Waals surface area (Å²) in [5.41, 5.74) is -0.172. The maximum absolute atomic E-state index is 13.3. The number of ether oxygens (including phenoxy) is 2. The van der Waals surface area contributed by atoms with E-state index in [4.69, 9.17) is 21.1 Å². The van der Waals surface area contributed by atoms with Gasteiger partial charge in [-0.15, -0.1) is 4.68 Å². The summed E-state index contributed by atoms with van der Waals surface area (Å²) >= 11 is 6.37. The lowest BCUT2D eigenvalue weighted by atomic mass is 10.2. The summed E-state index contributed by atoms with van der Waals surface area (Å²) in [5, 5.41) is 6.95. The fraction of sp³-hybridized carbons (Fsp3) is 0.120. The molecule has 3 aromatic carbocycles. The van der Waals surface area contributed by atoms with E-state index < -0.39 is 29.6 Å².